The van der Waals surface area contributed by atoms with Crippen LogP contribution in [0, 0.1) is 0 Å². The van der Waals surface area contributed by atoms with E-state index in [0.717, 1.165) is 25.1 Å². The number of rotatable bonds is 2. The van der Waals surface area contributed by atoms with Crippen molar-refractivity contribution in [3.63, 3.8) is 0 Å². The van der Waals surface area contributed by atoms with Gasteiger partial charge >= 0.3 is 0 Å². The lowest BCUT2D eigenvalue weighted by Gasteiger charge is -2.33. The number of aliphatic hydroxyl groups is 1. The van der Waals surface area contributed by atoms with Gasteiger partial charge in [-0.2, -0.15) is 0 Å². The molecule has 4 nitrogen and oxygen atoms in total. The van der Waals surface area contributed by atoms with Gasteiger partial charge in [-0.05, 0) is 31.9 Å². The highest BCUT2D eigenvalue weighted by molar-refractivity contribution is 5.65. The third-order valence-corrected chi connectivity index (χ3v) is 3.08. The Kier molecular flexibility index (Phi) is 2.68. The summed E-state index contributed by atoms with van der Waals surface area (Å²) in [5, 5.41) is 19.9. The predicted octanol–water partition coefficient (Wildman–Crippen LogP) is 1.71. The minimum Gasteiger partial charge on any atom is -0.504 e. The van der Waals surface area contributed by atoms with Gasteiger partial charge in [-0.1, -0.05) is 6.07 Å². The number of aromatic hydroxyl groups is 1. The summed E-state index contributed by atoms with van der Waals surface area (Å²) in [6.07, 6.45) is 1.66. The van der Waals surface area contributed by atoms with E-state index < -0.39 is 5.72 Å². The molecule has 1 aromatic carbocycles. The van der Waals surface area contributed by atoms with Crippen molar-refractivity contribution in [2.45, 2.75) is 25.5 Å². The van der Waals surface area contributed by atoms with Crippen LogP contribution in [-0.4, -0.2) is 29.6 Å². The molecule has 0 amide bonds. The Morgan fingerprint density at radius 2 is 2.19 bits per heavy atom. The van der Waals surface area contributed by atoms with Gasteiger partial charge in [-0.15, -0.1) is 0 Å². The van der Waals surface area contributed by atoms with Gasteiger partial charge in [-0.25, -0.2) is 0 Å². The van der Waals surface area contributed by atoms with E-state index in [0.29, 0.717) is 5.75 Å². The third-order valence-electron chi connectivity index (χ3n) is 3.08. The summed E-state index contributed by atoms with van der Waals surface area (Å²) in [6.45, 7) is 2.55. The zero-order valence-electron chi connectivity index (χ0n) is 9.60. The maximum atomic E-state index is 10.2. The maximum absolute atomic E-state index is 10.2. The monoisotopic (exact) mass is 223 g/mol. The Bertz CT molecular complexity index is 390. The molecule has 0 bridgehead atoms. The van der Waals surface area contributed by atoms with E-state index in [-0.39, 0.29) is 5.75 Å². The fourth-order valence-electron chi connectivity index (χ4n) is 2.26. The van der Waals surface area contributed by atoms with E-state index in [9.17, 15) is 10.2 Å². The molecule has 1 unspecified atom stereocenters. The van der Waals surface area contributed by atoms with E-state index in [1.807, 2.05) is 11.0 Å². The predicted molar refractivity (Wildman–Crippen MR) is 61.9 cm³/mol. The molecule has 1 aliphatic rings. The quantitative estimate of drug-likeness (QED) is 0.801. The number of hydrogen-bond donors (Lipinski definition) is 2. The largest absolute Gasteiger partial charge is 0.504 e. The number of nitrogens with zero attached hydrogens (tertiary/aromatic N) is 1. The number of para-hydroxylation sites is 1. The Balaban J connectivity index is 2.44. The van der Waals surface area contributed by atoms with Crippen molar-refractivity contribution < 1.29 is 14.9 Å². The number of methoxy groups -OCH3 is 1. The highest BCUT2D eigenvalue weighted by Gasteiger charge is 2.36. The maximum Gasteiger partial charge on any atom is 0.184 e. The zero-order chi connectivity index (χ0) is 11.8. The number of anilines is 1. The Hall–Kier alpha value is -1.42. The van der Waals surface area contributed by atoms with Crippen LogP contribution in [-0.2, 0) is 0 Å². The van der Waals surface area contributed by atoms with Crippen LogP contribution in [0.4, 0.5) is 5.69 Å². The molecule has 0 spiro atoms. The standard InChI is InChI=1S/C12H17NO3/c1-12(15)7-4-8-13(12)9-5-3-6-10(14)11(9)16-2/h3,5-6,14-15H,4,7-8H2,1-2H3. The lowest BCUT2D eigenvalue weighted by Crippen LogP contribution is -2.41. The molecule has 2 rings (SSSR count). The molecule has 1 heterocycles. The summed E-state index contributed by atoms with van der Waals surface area (Å²) in [6, 6.07) is 5.17. The van der Waals surface area contributed by atoms with Crippen LogP contribution in [0.1, 0.15) is 19.8 Å². The molecule has 0 radical (unpaired) electrons. The summed E-state index contributed by atoms with van der Waals surface area (Å²) >= 11 is 0. The van der Waals surface area contributed by atoms with E-state index in [1.54, 1.807) is 19.1 Å². The first-order valence-electron chi connectivity index (χ1n) is 5.42. The number of phenols is 1. The molecule has 88 valence electrons. The van der Waals surface area contributed by atoms with Crippen molar-refractivity contribution in [1.82, 2.24) is 0 Å². The van der Waals surface area contributed by atoms with Crippen LogP contribution in [0.5, 0.6) is 11.5 Å². The van der Waals surface area contributed by atoms with Crippen molar-refractivity contribution in [3.05, 3.63) is 18.2 Å². The van der Waals surface area contributed by atoms with Gasteiger partial charge in [0.1, 0.15) is 5.72 Å². The molecular weight excluding hydrogens is 206 g/mol. The molecule has 0 saturated carbocycles. The fourth-order valence-corrected chi connectivity index (χ4v) is 2.26. The molecule has 1 aliphatic heterocycles. The fraction of sp³-hybridized carbons (Fsp3) is 0.500. The lowest BCUT2D eigenvalue weighted by molar-refractivity contribution is 0.0709. The second-order valence-corrected chi connectivity index (χ2v) is 4.30. The first-order chi connectivity index (χ1) is 7.56. The molecule has 1 fully saturated rings. The van der Waals surface area contributed by atoms with Gasteiger partial charge in [0.15, 0.2) is 11.5 Å². The number of phenolic OH excluding ortho intramolecular Hbond substituents is 1. The molecule has 1 saturated heterocycles. The van der Waals surface area contributed by atoms with Gasteiger partial charge in [0.2, 0.25) is 0 Å². The molecular formula is C12H17NO3. The third kappa shape index (κ3) is 1.69. The van der Waals surface area contributed by atoms with Crippen molar-refractivity contribution in [1.29, 1.82) is 0 Å². The highest BCUT2D eigenvalue weighted by atomic mass is 16.5. The van der Waals surface area contributed by atoms with E-state index in [4.69, 9.17) is 4.74 Å². The molecule has 0 aliphatic carbocycles. The average Bonchev–Trinajstić information content (AvgIpc) is 2.57. The molecule has 0 aromatic heterocycles. The van der Waals surface area contributed by atoms with Crippen molar-refractivity contribution >= 4 is 5.69 Å². The Morgan fingerprint density at radius 1 is 1.44 bits per heavy atom. The van der Waals surface area contributed by atoms with Crippen LogP contribution < -0.4 is 9.64 Å². The highest BCUT2D eigenvalue weighted by Crippen LogP contribution is 2.41. The zero-order valence-corrected chi connectivity index (χ0v) is 9.60. The van der Waals surface area contributed by atoms with Crippen LogP contribution in [0.3, 0.4) is 0 Å². The van der Waals surface area contributed by atoms with Gasteiger partial charge in [0, 0.05) is 6.54 Å². The summed E-state index contributed by atoms with van der Waals surface area (Å²) < 4.78 is 5.18. The molecule has 1 aromatic rings. The topological polar surface area (TPSA) is 52.9 Å². The van der Waals surface area contributed by atoms with Crippen LogP contribution in [0.25, 0.3) is 0 Å². The lowest BCUT2D eigenvalue weighted by atomic mass is 10.1. The minimum atomic E-state index is -0.860. The van der Waals surface area contributed by atoms with Crippen LogP contribution in [0.2, 0.25) is 0 Å². The second-order valence-electron chi connectivity index (χ2n) is 4.30. The number of benzene rings is 1. The number of hydrogen-bond acceptors (Lipinski definition) is 4. The van der Waals surface area contributed by atoms with Gasteiger partial charge in [-0.3, -0.25) is 0 Å². The van der Waals surface area contributed by atoms with Gasteiger partial charge < -0.3 is 19.8 Å². The smallest absolute Gasteiger partial charge is 0.184 e. The summed E-state index contributed by atoms with van der Waals surface area (Å²) in [7, 11) is 1.52. The van der Waals surface area contributed by atoms with Gasteiger partial charge in [0.05, 0.1) is 12.8 Å². The normalized spacial score (nSPS) is 24.8. The van der Waals surface area contributed by atoms with Crippen LogP contribution in [0.15, 0.2) is 18.2 Å². The average molecular weight is 223 g/mol. The molecule has 1 atom stereocenters. The van der Waals surface area contributed by atoms with Crippen LogP contribution >= 0.6 is 0 Å². The first kappa shape index (κ1) is 11.1. The SMILES string of the molecule is COc1c(O)cccc1N1CCCC1(C)O. The van der Waals surface area contributed by atoms with Crippen molar-refractivity contribution in [2.24, 2.45) is 0 Å². The molecule has 2 N–H and O–H groups in total. The van der Waals surface area contributed by atoms with E-state index in [1.165, 1.54) is 7.11 Å². The van der Waals surface area contributed by atoms with Gasteiger partial charge in [0.25, 0.3) is 0 Å². The summed E-state index contributed by atoms with van der Waals surface area (Å²) in [5.74, 6) is 0.521. The van der Waals surface area contributed by atoms with E-state index >= 15 is 0 Å². The summed E-state index contributed by atoms with van der Waals surface area (Å²) in [5.41, 5.74) is -0.119. The summed E-state index contributed by atoms with van der Waals surface area (Å²) in [4.78, 5) is 1.87. The Morgan fingerprint density at radius 3 is 2.75 bits per heavy atom. The minimum absolute atomic E-state index is 0.0997. The number of ether oxygens (including phenoxy) is 1. The first-order valence-corrected chi connectivity index (χ1v) is 5.42. The molecule has 4 heteroatoms. The Labute approximate surface area is 95.1 Å². The van der Waals surface area contributed by atoms with Crippen molar-refractivity contribution in [2.75, 3.05) is 18.6 Å². The second kappa shape index (κ2) is 3.87. The van der Waals surface area contributed by atoms with E-state index in [2.05, 4.69) is 0 Å². The molecule has 16 heavy (non-hydrogen) atoms. The van der Waals surface area contributed by atoms with Crippen molar-refractivity contribution in [3.8, 4) is 11.5 Å².